The minimum atomic E-state index is -1.06. The lowest BCUT2D eigenvalue weighted by Gasteiger charge is -2.18. The van der Waals surface area contributed by atoms with Crippen molar-refractivity contribution in [2.75, 3.05) is 0 Å². The molecule has 0 fully saturated rings. The van der Waals surface area contributed by atoms with Crippen LogP contribution >= 0.6 is 0 Å². The molecule has 0 heterocycles. The summed E-state index contributed by atoms with van der Waals surface area (Å²) in [4.78, 5) is 33.5. The van der Waals surface area contributed by atoms with Crippen LogP contribution < -0.4 is 11.1 Å². The molecule has 0 aliphatic heterocycles. The monoisotopic (exact) mass is 254 g/mol. The lowest BCUT2D eigenvalue weighted by atomic mass is 10.1. The zero-order valence-electron chi connectivity index (χ0n) is 10.7. The van der Waals surface area contributed by atoms with Crippen LogP contribution in [0.3, 0.4) is 0 Å². The van der Waals surface area contributed by atoms with Crippen molar-refractivity contribution in [3.63, 3.8) is 0 Å². The normalized spacial score (nSPS) is 12.9. The Hall–Kier alpha value is -2.11. The van der Waals surface area contributed by atoms with Crippen LogP contribution in [0.25, 0.3) is 0 Å². The summed E-state index contributed by atoms with van der Waals surface area (Å²) in [5, 5.41) is 1.88. The number of hydrogen-bond acceptors (Lipinski definition) is 4. The molecule has 0 saturated carbocycles. The Balaban J connectivity index is 4.58. The first-order chi connectivity index (χ1) is 8.38. The second-order valence-corrected chi connectivity index (χ2v) is 3.84. The van der Waals surface area contributed by atoms with Crippen molar-refractivity contribution in [2.24, 2.45) is 11.7 Å². The fourth-order valence-electron chi connectivity index (χ4n) is 1.09. The standard InChI is InChI=1S/C12H18N2O4/c1-4-5-6-7-9(15)18-10(8(2)3)11(16)14-12(13)17/h4-8,10H,1-3H3,(H3,13,14,16,17). The topological polar surface area (TPSA) is 98.5 Å². The van der Waals surface area contributed by atoms with Gasteiger partial charge in [-0.25, -0.2) is 9.59 Å². The molecule has 3 N–H and O–H groups in total. The van der Waals surface area contributed by atoms with Crippen LogP contribution in [-0.2, 0) is 14.3 Å². The van der Waals surface area contributed by atoms with Crippen LogP contribution in [0.4, 0.5) is 4.79 Å². The molecule has 0 aliphatic rings. The van der Waals surface area contributed by atoms with Gasteiger partial charge in [-0.2, -0.15) is 0 Å². The van der Waals surface area contributed by atoms with Crippen LogP contribution in [-0.4, -0.2) is 24.0 Å². The van der Waals surface area contributed by atoms with Crippen LogP contribution in [0.5, 0.6) is 0 Å². The largest absolute Gasteiger partial charge is 0.449 e. The van der Waals surface area contributed by atoms with E-state index in [9.17, 15) is 14.4 Å². The molecule has 0 aromatic carbocycles. The van der Waals surface area contributed by atoms with Gasteiger partial charge in [0.25, 0.3) is 5.91 Å². The van der Waals surface area contributed by atoms with Gasteiger partial charge < -0.3 is 10.5 Å². The molecule has 0 bridgehead atoms. The highest BCUT2D eigenvalue weighted by molar-refractivity contribution is 5.97. The summed E-state index contributed by atoms with van der Waals surface area (Å²) in [6.07, 6.45) is 5.01. The number of urea groups is 1. The number of hydrogen-bond donors (Lipinski definition) is 2. The van der Waals surface area contributed by atoms with E-state index in [-0.39, 0.29) is 5.92 Å². The molecular weight excluding hydrogens is 236 g/mol. The average Bonchev–Trinajstić information content (AvgIpc) is 2.24. The van der Waals surface area contributed by atoms with Gasteiger partial charge in [0.05, 0.1) is 0 Å². The summed E-state index contributed by atoms with van der Waals surface area (Å²) in [6, 6.07) is -0.980. The SMILES string of the molecule is CC=CC=CC(=O)OC(C(=O)NC(N)=O)C(C)C. The van der Waals surface area contributed by atoms with Gasteiger partial charge in [0.2, 0.25) is 0 Å². The number of imide groups is 1. The number of allylic oxidation sites excluding steroid dienone is 3. The number of amides is 3. The Labute approximate surface area is 106 Å². The van der Waals surface area contributed by atoms with E-state index in [2.05, 4.69) is 0 Å². The Morgan fingerprint density at radius 3 is 2.28 bits per heavy atom. The first-order valence-corrected chi connectivity index (χ1v) is 5.48. The minimum absolute atomic E-state index is 0.275. The summed E-state index contributed by atoms with van der Waals surface area (Å²) in [7, 11) is 0. The predicted molar refractivity (Wildman–Crippen MR) is 66.4 cm³/mol. The lowest BCUT2D eigenvalue weighted by Crippen LogP contribution is -2.45. The summed E-state index contributed by atoms with van der Waals surface area (Å²) in [5.41, 5.74) is 4.83. The Morgan fingerprint density at radius 2 is 1.83 bits per heavy atom. The van der Waals surface area contributed by atoms with Gasteiger partial charge in [-0.1, -0.05) is 32.1 Å². The van der Waals surface area contributed by atoms with Crippen molar-refractivity contribution in [1.82, 2.24) is 5.32 Å². The predicted octanol–water partition coefficient (Wildman–Crippen LogP) is 0.881. The summed E-state index contributed by atoms with van der Waals surface area (Å²) in [6.45, 7) is 5.18. The maximum absolute atomic E-state index is 11.5. The Kier molecular flexibility index (Phi) is 7.11. The number of nitrogens with one attached hydrogen (secondary N) is 1. The zero-order chi connectivity index (χ0) is 14.1. The summed E-state index contributed by atoms with van der Waals surface area (Å²) in [5.74, 6) is -1.67. The Bertz CT molecular complexity index is 372. The van der Waals surface area contributed by atoms with E-state index in [4.69, 9.17) is 10.5 Å². The number of ether oxygens (including phenoxy) is 1. The molecule has 6 heteroatoms. The van der Waals surface area contributed by atoms with E-state index in [1.165, 1.54) is 12.2 Å². The highest BCUT2D eigenvalue weighted by Crippen LogP contribution is 2.07. The molecule has 0 rings (SSSR count). The minimum Gasteiger partial charge on any atom is -0.449 e. The number of carbonyl (C=O) groups excluding carboxylic acids is 3. The summed E-state index contributed by atoms with van der Waals surface area (Å²) >= 11 is 0. The van der Waals surface area contributed by atoms with Crippen molar-refractivity contribution < 1.29 is 19.1 Å². The highest BCUT2D eigenvalue weighted by atomic mass is 16.5. The fourth-order valence-corrected chi connectivity index (χ4v) is 1.09. The van der Waals surface area contributed by atoms with Crippen molar-refractivity contribution >= 4 is 17.9 Å². The maximum atomic E-state index is 11.5. The molecule has 3 amide bonds. The van der Waals surface area contributed by atoms with Crippen molar-refractivity contribution in [3.05, 3.63) is 24.3 Å². The summed E-state index contributed by atoms with van der Waals surface area (Å²) < 4.78 is 4.94. The third kappa shape index (κ3) is 6.47. The average molecular weight is 254 g/mol. The Morgan fingerprint density at radius 1 is 1.22 bits per heavy atom. The van der Waals surface area contributed by atoms with Crippen LogP contribution in [0, 0.1) is 5.92 Å². The van der Waals surface area contributed by atoms with Crippen LogP contribution in [0.2, 0.25) is 0 Å². The van der Waals surface area contributed by atoms with Crippen LogP contribution in [0.15, 0.2) is 24.3 Å². The first kappa shape index (κ1) is 15.9. The van der Waals surface area contributed by atoms with E-state index in [0.29, 0.717) is 0 Å². The molecular formula is C12H18N2O4. The van der Waals surface area contributed by atoms with Gasteiger partial charge >= 0.3 is 12.0 Å². The van der Waals surface area contributed by atoms with E-state index in [1.807, 2.05) is 5.32 Å². The van der Waals surface area contributed by atoms with E-state index < -0.39 is 24.0 Å². The quantitative estimate of drug-likeness (QED) is 0.432. The molecule has 1 atom stereocenters. The smallest absolute Gasteiger partial charge is 0.331 e. The first-order valence-electron chi connectivity index (χ1n) is 5.48. The second-order valence-electron chi connectivity index (χ2n) is 3.84. The molecule has 0 radical (unpaired) electrons. The van der Waals surface area contributed by atoms with Gasteiger partial charge in [-0.3, -0.25) is 10.1 Å². The van der Waals surface area contributed by atoms with Crippen molar-refractivity contribution in [2.45, 2.75) is 26.9 Å². The molecule has 0 saturated heterocycles. The molecule has 100 valence electrons. The lowest BCUT2D eigenvalue weighted by molar-refractivity contribution is -0.153. The zero-order valence-corrected chi connectivity index (χ0v) is 10.7. The number of nitrogens with two attached hydrogens (primary N) is 1. The molecule has 0 aromatic rings. The molecule has 0 aromatic heterocycles. The van der Waals surface area contributed by atoms with Gasteiger partial charge in [0.1, 0.15) is 0 Å². The van der Waals surface area contributed by atoms with E-state index in [1.54, 1.807) is 32.9 Å². The molecule has 1 unspecified atom stereocenters. The number of esters is 1. The van der Waals surface area contributed by atoms with Crippen molar-refractivity contribution in [1.29, 1.82) is 0 Å². The molecule has 0 spiro atoms. The highest BCUT2D eigenvalue weighted by Gasteiger charge is 2.26. The maximum Gasteiger partial charge on any atom is 0.331 e. The third-order valence-corrected chi connectivity index (χ3v) is 1.89. The second kappa shape index (κ2) is 8.05. The van der Waals surface area contributed by atoms with E-state index in [0.717, 1.165) is 0 Å². The number of carbonyl (C=O) groups is 3. The van der Waals surface area contributed by atoms with Gasteiger partial charge in [-0.05, 0) is 12.8 Å². The third-order valence-electron chi connectivity index (χ3n) is 1.89. The fraction of sp³-hybridized carbons (Fsp3) is 0.417. The number of rotatable bonds is 5. The van der Waals surface area contributed by atoms with Gasteiger partial charge in [0.15, 0.2) is 6.10 Å². The number of primary amides is 1. The molecule has 6 nitrogen and oxygen atoms in total. The molecule has 0 aliphatic carbocycles. The van der Waals surface area contributed by atoms with Gasteiger partial charge in [-0.15, -0.1) is 0 Å². The van der Waals surface area contributed by atoms with E-state index >= 15 is 0 Å². The van der Waals surface area contributed by atoms with Crippen LogP contribution in [0.1, 0.15) is 20.8 Å². The molecule has 18 heavy (non-hydrogen) atoms. The van der Waals surface area contributed by atoms with Gasteiger partial charge in [0, 0.05) is 6.08 Å². The van der Waals surface area contributed by atoms with Crippen molar-refractivity contribution in [3.8, 4) is 0 Å².